The minimum Gasteiger partial charge on any atom is -0.496 e. The van der Waals surface area contributed by atoms with Gasteiger partial charge in [0.15, 0.2) is 0 Å². The van der Waals surface area contributed by atoms with Gasteiger partial charge < -0.3 is 14.5 Å². The first-order chi connectivity index (χ1) is 12.1. The fourth-order valence-corrected chi connectivity index (χ4v) is 3.11. The zero-order chi connectivity index (χ0) is 17.8. The number of para-hydroxylation sites is 1. The van der Waals surface area contributed by atoms with Crippen molar-refractivity contribution < 1.29 is 14.3 Å². The minimum atomic E-state index is -0.0839. The Kier molecular flexibility index (Phi) is 5.03. The number of carbonyl (C=O) groups excluding carboxylic acids is 2. The maximum atomic E-state index is 12.8. The first-order valence-electron chi connectivity index (χ1n) is 8.38. The highest BCUT2D eigenvalue weighted by molar-refractivity contribution is 5.99. The molecule has 5 heteroatoms. The summed E-state index contributed by atoms with van der Waals surface area (Å²) in [5, 5.41) is 0. The van der Waals surface area contributed by atoms with E-state index in [1.807, 2.05) is 36.4 Å². The van der Waals surface area contributed by atoms with Crippen LogP contribution in [0.1, 0.15) is 28.8 Å². The van der Waals surface area contributed by atoms with Crippen molar-refractivity contribution in [3.05, 3.63) is 59.7 Å². The highest BCUT2D eigenvalue weighted by Crippen LogP contribution is 2.24. The van der Waals surface area contributed by atoms with Gasteiger partial charge in [0.1, 0.15) is 5.75 Å². The molecule has 1 fully saturated rings. The smallest absolute Gasteiger partial charge is 0.253 e. The Bertz CT molecular complexity index is 788. The van der Waals surface area contributed by atoms with Crippen LogP contribution in [-0.4, -0.2) is 37.4 Å². The number of carbonyl (C=O) groups is 2. The Labute approximate surface area is 147 Å². The van der Waals surface area contributed by atoms with Crippen LogP contribution in [0.2, 0.25) is 0 Å². The molecular formula is C20H22N2O3. The number of rotatable bonds is 5. The van der Waals surface area contributed by atoms with Gasteiger partial charge in [0.2, 0.25) is 5.91 Å². The Hall–Kier alpha value is -2.82. The summed E-state index contributed by atoms with van der Waals surface area (Å²) in [7, 11) is 3.39. The zero-order valence-electron chi connectivity index (χ0n) is 14.6. The number of anilines is 1. The lowest BCUT2D eigenvalue weighted by molar-refractivity contribution is -0.117. The highest BCUT2D eigenvalue weighted by Gasteiger charge is 2.23. The van der Waals surface area contributed by atoms with Crippen LogP contribution in [0.5, 0.6) is 5.75 Å². The number of benzene rings is 2. The molecule has 0 bridgehead atoms. The molecular weight excluding hydrogens is 316 g/mol. The normalized spacial score (nSPS) is 13.8. The second kappa shape index (κ2) is 7.38. The molecule has 1 heterocycles. The fraction of sp³-hybridized carbons (Fsp3) is 0.300. The van der Waals surface area contributed by atoms with Crippen molar-refractivity contribution in [1.82, 2.24) is 4.90 Å². The fourth-order valence-electron chi connectivity index (χ4n) is 3.11. The van der Waals surface area contributed by atoms with Gasteiger partial charge in [-0.25, -0.2) is 0 Å². The molecule has 0 aliphatic carbocycles. The average molecular weight is 338 g/mol. The lowest BCUT2D eigenvalue weighted by Crippen LogP contribution is -2.27. The zero-order valence-corrected chi connectivity index (χ0v) is 14.6. The predicted molar refractivity (Wildman–Crippen MR) is 96.8 cm³/mol. The van der Waals surface area contributed by atoms with Crippen molar-refractivity contribution >= 4 is 17.5 Å². The molecule has 1 aliphatic heterocycles. The molecule has 2 amide bonds. The Morgan fingerprint density at radius 3 is 2.72 bits per heavy atom. The summed E-state index contributed by atoms with van der Waals surface area (Å²) < 4.78 is 5.35. The molecule has 0 spiro atoms. The minimum absolute atomic E-state index is 0.0839. The van der Waals surface area contributed by atoms with E-state index in [9.17, 15) is 9.59 Å². The van der Waals surface area contributed by atoms with Crippen LogP contribution in [0, 0.1) is 0 Å². The van der Waals surface area contributed by atoms with E-state index in [0.29, 0.717) is 25.1 Å². The molecule has 0 N–H and O–H groups in total. The number of hydrogen-bond donors (Lipinski definition) is 0. The SMILES string of the molecule is COc1ccccc1CN(C)C(=O)c1cccc(N2CCCC2=O)c1. The van der Waals surface area contributed by atoms with E-state index in [-0.39, 0.29) is 11.8 Å². The van der Waals surface area contributed by atoms with E-state index in [4.69, 9.17) is 4.74 Å². The summed E-state index contributed by atoms with van der Waals surface area (Å²) in [6, 6.07) is 14.9. The maximum Gasteiger partial charge on any atom is 0.253 e. The van der Waals surface area contributed by atoms with Gasteiger partial charge >= 0.3 is 0 Å². The van der Waals surface area contributed by atoms with Crippen molar-refractivity contribution in [3.8, 4) is 5.75 Å². The Morgan fingerprint density at radius 2 is 2.00 bits per heavy atom. The third kappa shape index (κ3) is 3.65. The van der Waals surface area contributed by atoms with Crippen LogP contribution < -0.4 is 9.64 Å². The van der Waals surface area contributed by atoms with Crippen molar-refractivity contribution in [2.75, 3.05) is 25.6 Å². The molecule has 3 rings (SSSR count). The van der Waals surface area contributed by atoms with Gasteiger partial charge in [-0.15, -0.1) is 0 Å². The second-order valence-electron chi connectivity index (χ2n) is 6.17. The van der Waals surface area contributed by atoms with Crippen molar-refractivity contribution in [3.63, 3.8) is 0 Å². The van der Waals surface area contributed by atoms with E-state index in [2.05, 4.69) is 0 Å². The van der Waals surface area contributed by atoms with Gasteiger partial charge in [-0.3, -0.25) is 9.59 Å². The largest absolute Gasteiger partial charge is 0.496 e. The van der Waals surface area contributed by atoms with Gasteiger partial charge in [0, 0.05) is 43.4 Å². The highest BCUT2D eigenvalue weighted by atomic mass is 16.5. The van der Waals surface area contributed by atoms with Crippen LogP contribution >= 0.6 is 0 Å². The number of nitrogens with zero attached hydrogens (tertiary/aromatic N) is 2. The molecule has 2 aromatic rings. The average Bonchev–Trinajstić information content (AvgIpc) is 3.07. The summed E-state index contributed by atoms with van der Waals surface area (Å²) in [5.41, 5.74) is 2.32. The van der Waals surface area contributed by atoms with Gasteiger partial charge in [0.25, 0.3) is 5.91 Å². The number of hydrogen-bond acceptors (Lipinski definition) is 3. The molecule has 1 saturated heterocycles. The molecule has 1 aliphatic rings. The molecule has 0 atom stereocenters. The predicted octanol–water partition coefficient (Wildman–Crippen LogP) is 3.09. The molecule has 2 aromatic carbocycles. The molecule has 25 heavy (non-hydrogen) atoms. The number of amides is 2. The maximum absolute atomic E-state index is 12.8. The van der Waals surface area contributed by atoms with Crippen LogP contribution in [0.4, 0.5) is 5.69 Å². The molecule has 0 unspecified atom stereocenters. The third-order valence-corrected chi connectivity index (χ3v) is 4.42. The number of ether oxygens (including phenoxy) is 1. The Balaban J connectivity index is 1.77. The van der Waals surface area contributed by atoms with Gasteiger partial charge in [-0.2, -0.15) is 0 Å². The van der Waals surface area contributed by atoms with E-state index in [0.717, 1.165) is 23.4 Å². The van der Waals surface area contributed by atoms with Crippen molar-refractivity contribution in [2.45, 2.75) is 19.4 Å². The summed E-state index contributed by atoms with van der Waals surface area (Å²) >= 11 is 0. The summed E-state index contributed by atoms with van der Waals surface area (Å²) in [4.78, 5) is 28.1. The van der Waals surface area contributed by atoms with E-state index in [1.165, 1.54) is 0 Å². The summed E-state index contributed by atoms with van der Waals surface area (Å²) in [6.07, 6.45) is 1.44. The van der Waals surface area contributed by atoms with Gasteiger partial charge in [-0.05, 0) is 30.7 Å². The summed E-state index contributed by atoms with van der Waals surface area (Å²) in [6.45, 7) is 1.17. The lowest BCUT2D eigenvalue weighted by Gasteiger charge is -2.20. The second-order valence-corrected chi connectivity index (χ2v) is 6.17. The monoisotopic (exact) mass is 338 g/mol. The Morgan fingerprint density at radius 1 is 1.20 bits per heavy atom. The number of methoxy groups -OCH3 is 1. The topological polar surface area (TPSA) is 49.9 Å². The molecule has 0 aromatic heterocycles. The van der Waals surface area contributed by atoms with Gasteiger partial charge in [-0.1, -0.05) is 24.3 Å². The first kappa shape index (κ1) is 17.0. The lowest BCUT2D eigenvalue weighted by atomic mass is 10.1. The van der Waals surface area contributed by atoms with Crippen molar-refractivity contribution in [2.24, 2.45) is 0 Å². The first-order valence-corrected chi connectivity index (χ1v) is 8.38. The molecule has 0 radical (unpaired) electrons. The third-order valence-electron chi connectivity index (χ3n) is 4.42. The van der Waals surface area contributed by atoms with Crippen LogP contribution in [0.25, 0.3) is 0 Å². The van der Waals surface area contributed by atoms with E-state index < -0.39 is 0 Å². The van der Waals surface area contributed by atoms with Crippen molar-refractivity contribution in [1.29, 1.82) is 0 Å². The quantitative estimate of drug-likeness (QED) is 0.842. The molecule has 130 valence electrons. The summed E-state index contributed by atoms with van der Waals surface area (Å²) in [5.74, 6) is 0.796. The van der Waals surface area contributed by atoms with Gasteiger partial charge in [0.05, 0.1) is 7.11 Å². The molecule has 0 saturated carbocycles. The standard InChI is InChI=1S/C20H22N2O3/c1-21(14-16-7-3-4-10-18(16)25-2)20(24)15-8-5-9-17(13-15)22-12-6-11-19(22)23/h3-5,7-10,13H,6,11-12,14H2,1-2H3. The van der Waals surface area contributed by atoms with Crippen LogP contribution in [0.3, 0.4) is 0 Å². The van der Waals surface area contributed by atoms with E-state index >= 15 is 0 Å². The van der Waals surface area contributed by atoms with E-state index in [1.54, 1.807) is 36.1 Å². The molecule has 5 nitrogen and oxygen atoms in total. The van der Waals surface area contributed by atoms with Crippen LogP contribution in [0.15, 0.2) is 48.5 Å². The van der Waals surface area contributed by atoms with Crippen LogP contribution in [-0.2, 0) is 11.3 Å².